The Hall–Kier alpha value is -2.37. The first-order valence-corrected chi connectivity index (χ1v) is 4.96. The molecule has 88 valence electrons. The van der Waals surface area contributed by atoms with Crippen molar-refractivity contribution < 1.29 is 13.9 Å². The number of carbonyl (C=O) groups is 1. The second-order valence-electron chi connectivity index (χ2n) is 3.28. The quantitative estimate of drug-likeness (QED) is 0.610. The molecule has 0 fully saturated rings. The molecule has 6 heteroatoms. The summed E-state index contributed by atoms with van der Waals surface area (Å²) < 4.78 is 9.54. The van der Waals surface area contributed by atoms with E-state index in [0.29, 0.717) is 0 Å². The molecule has 0 unspecified atom stereocenters. The van der Waals surface area contributed by atoms with Gasteiger partial charge >= 0.3 is 17.2 Å². The lowest BCUT2D eigenvalue weighted by molar-refractivity contribution is 0.0526. The maximum atomic E-state index is 11.4. The zero-order valence-corrected chi connectivity index (χ0v) is 8.98. The van der Waals surface area contributed by atoms with Gasteiger partial charge in [-0.25, -0.2) is 9.59 Å². The predicted octanol–water partition coefficient (Wildman–Crippen LogP) is 0.658. The van der Waals surface area contributed by atoms with E-state index in [2.05, 4.69) is 4.98 Å². The van der Waals surface area contributed by atoms with Crippen molar-refractivity contribution in [1.82, 2.24) is 4.98 Å². The van der Waals surface area contributed by atoms with Crippen molar-refractivity contribution in [2.24, 2.45) is 0 Å². The summed E-state index contributed by atoms with van der Waals surface area (Å²) in [5.74, 6) is -0.499. The van der Waals surface area contributed by atoms with Crippen molar-refractivity contribution in [2.75, 3.05) is 6.61 Å². The number of esters is 1. The number of aromatic nitrogens is 1. The Labute approximate surface area is 94.8 Å². The topological polar surface area (TPSA) is 89.4 Å². The second-order valence-corrected chi connectivity index (χ2v) is 3.28. The average molecular weight is 235 g/mol. The Morgan fingerprint density at radius 3 is 2.88 bits per heavy atom. The van der Waals surface area contributed by atoms with E-state index in [-0.39, 0.29) is 23.3 Å². The van der Waals surface area contributed by atoms with Crippen molar-refractivity contribution in [1.29, 1.82) is 0 Å². The van der Waals surface area contributed by atoms with Crippen LogP contribution in [-0.2, 0) is 4.74 Å². The van der Waals surface area contributed by atoms with Crippen molar-refractivity contribution in [3.05, 3.63) is 44.5 Å². The number of fused-ring (bicyclic) bond motifs is 1. The van der Waals surface area contributed by atoms with Crippen molar-refractivity contribution in [3.63, 3.8) is 0 Å². The number of hydrogen-bond donors (Lipinski definition) is 1. The smallest absolute Gasteiger partial charge is 0.402 e. The summed E-state index contributed by atoms with van der Waals surface area (Å²) in [6.07, 6.45) is 0. The van der Waals surface area contributed by atoms with Gasteiger partial charge in [-0.15, -0.1) is 0 Å². The molecule has 2 aromatic rings. The zero-order chi connectivity index (χ0) is 12.4. The Balaban J connectivity index is 2.58. The molecule has 1 aromatic carbocycles. The fourth-order valence-corrected chi connectivity index (χ4v) is 1.38. The first kappa shape index (κ1) is 11.1. The van der Waals surface area contributed by atoms with Crippen LogP contribution in [-0.4, -0.2) is 17.6 Å². The highest BCUT2D eigenvalue weighted by atomic mass is 16.5. The first-order chi connectivity index (χ1) is 8.11. The molecular formula is C11H9NO5. The van der Waals surface area contributed by atoms with Crippen LogP contribution in [0.15, 0.2) is 32.2 Å². The first-order valence-electron chi connectivity index (χ1n) is 4.96. The molecule has 0 aliphatic carbocycles. The van der Waals surface area contributed by atoms with Gasteiger partial charge in [0.1, 0.15) is 0 Å². The molecule has 0 aliphatic heterocycles. The summed E-state index contributed by atoms with van der Waals surface area (Å²) >= 11 is 0. The van der Waals surface area contributed by atoms with Gasteiger partial charge in [-0.2, -0.15) is 0 Å². The van der Waals surface area contributed by atoms with E-state index in [4.69, 9.17) is 9.15 Å². The summed E-state index contributed by atoms with van der Waals surface area (Å²) in [5, 5.41) is 0. The predicted molar refractivity (Wildman–Crippen MR) is 59.1 cm³/mol. The van der Waals surface area contributed by atoms with Crippen LogP contribution in [0.2, 0.25) is 0 Å². The zero-order valence-electron chi connectivity index (χ0n) is 8.98. The van der Waals surface area contributed by atoms with Gasteiger partial charge in [0.25, 0.3) is 0 Å². The molecule has 2 rings (SSSR count). The van der Waals surface area contributed by atoms with Gasteiger partial charge in [0.2, 0.25) is 0 Å². The molecule has 1 aromatic heterocycles. The molecule has 1 N–H and O–H groups in total. The minimum Gasteiger partial charge on any atom is -0.462 e. The molecule has 1 heterocycles. The van der Waals surface area contributed by atoms with Crippen molar-refractivity contribution >= 4 is 17.1 Å². The van der Waals surface area contributed by atoms with Gasteiger partial charge in [-0.05, 0) is 25.1 Å². The number of hydrogen-bond acceptors (Lipinski definition) is 5. The van der Waals surface area contributed by atoms with Crippen LogP contribution in [0.4, 0.5) is 0 Å². The van der Waals surface area contributed by atoms with E-state index in [1.165, 1.54) is 18.2 Å². The molecule has 0 aliphatic rings. The van der Waals surface area contributed by atoms with Gasteiger partial charge < -0.3 is 14.1 Å². The number of aromatic amines is 1. The summed E-state index contributed by atoms with van der Waals surface area (Å²) in [7, 11) is 0. The number of ether oxygens (including phenoxy) is 1. The molecule has 0 saturated heterocycles. The minimum absolute atomic E-state index is 0.211. The van der Waals surface area contributed by atoms with E-state index in [1.54, 1.807) is 6.92 Å². The second kappa shape index (κ2) is 4.25. The van der Waals surface area contributed by atoms with Crippen LogP contribution < -0.4 is 11.2 Å². The highest BCUT2D eigenvalue weighted by Crippen LogP contribution is 2.11. The Kier molecular flexibility index (Phi) is 2.78. The molecule has 0 spiro atoms. The van der Waals surface area contributed by atoms with E-state index in [9.17, 15) is 14.4 Å². The maximum absolute atomic E-state index is 11.4. The van der Waals surface area contributed by atoms with Gasteiger partial charge in [0.05, 0.1) is 17.7 Å². The third kappa shape index (κ3) is 2.10. The largest absolute Gasteiger partial charge is 0.462 e. The van der Waals surface area contributed by atoms with Crippen LogP contribution >= 0.6 is 0 Å². The van der Waals surface area contributed by atoms with Crippen LogP contribution in [0.3, 0.4) is 0 Å². The number of carbonyl (C=O) groups excluding carboxylic acids is 1. The maximum Gasteiger partial charge on any atom is 0.402 e. The fraction of sp³-hybridized carbons (Fsp3) is 0.182. The van der Waals surface area contributed by atoms with E-state index in [1.807, 2.05) is 0 Å². The third-order valence-electron chi connectivity index (χ3n) is 2.13. The van der Waals surface area contributed by atoms with Crippen LogP contribution in [0, 0.1) is 0 Å². The lowest BCUT2D eigenvalue weighted by Crippen LogP contribution is -2.25. The summed E-state index contributed by atoms with van der Waals surface area (Å²) in [6, 6.07) is 4.29. The molecule has 0 atom stereocenters. The number of nitrogens with one attached hydrogen (secondary N) is 1. The fourth-order valence-electron chi connectivity index (χ4n) is 1.38. The molecule has 0 amide bonds. The lowest BCUT2D eigenvalue weighted by atomic mass is 10.2. The monoisotopic (exact) mass is 235 g/mol. The number of H-pyrrole nitrogens is 1. The molecule has 6 nitrogen and oxygen atoms in total. The molecular weight excluding hydrogens is 226 g/mol. The normalized spacial score (nSPS) is 10.4. The highest BCUT2D eigenvalue weighted by molar-refractivity contribution is 5.93. The SMILES string of the molecule is CCOC(=O)c1ccc2oc(=O)c(=O)[nH]c2c1. The number of rotatable bonds is 2. The highest BCUT2D eigenvalue weighted by Gasteiger charge is 2.09. The molecule has 0 bridgehead atoms. The van der Waals surface area contributed by atoms with Gasteiger partial charge in [-0.3, -0.25) is 4.79 Å². The number of benzene rings is 1. The Bertz CT molecular complexity index is 682. The van der Waals surface area contributed by atoms with Gasteiger partial charge in [0, 0.05) is 0 Å². The van der Waals surface area contributed by atoms with Crippen molar-refractivity contribution in [3.8, 4) is 0 Å². The Morgan fingerprint density at radius 2 is 2.18 bits per heavy atom. The van der Waals surface area contributed by atoms with E-state index >= 15 is 0 Å². The van der Waals surface area contributed by atoms with Crippen LogP contribution in [0.25, 0.3) is 11.1 Å². The summed E-state index contributed by atoms with van der Waals surface area (Å²) in [5.41, 5.74) is -1.06. The minimum atomic E-state index is -0.971. The summed E-state index contributed by atoms with van der Waals surface area (Å²) in [4.78, 5) is 35.8. The molecule has 0 saturated carbocycles. The van der Waals surface area contributed by atoms with Crippen LogP contribution in [0.5, 0.6) is 0 Å². The summed E-state index contributed by atoms with van der Waals surface area (Å²) in [6.45, 7) is 1.96. The van der Waals surface area contributed by atoms with Gasteiger partial charge in [-0.1, -0.05) is 0 Å². The Morgan fingerprint density at radius 1 is 1.41 bits per heavy atom. The van der Waals surface area contributed by atoms with Gasteiger partial charge in [0.15, 0.2) is 5.58 Å². The van der Waals surface area contributed by atoms with E-state index in [0.717, 1.165) is 0 Å². The average Bonchev–Trinajstić information content (AvgIpc) is 2.30. The molecule has 0 radical (unpaired) electrons. The van der Waals surface area contributed by atoms with Crippen LogP contribution in [0.1, 0.15) is 17.3 Å². The molecule has 17 heavy (non-hydrogen) atoms. The van der Waals surface area contributed by atoms with E-state index < -0.39 is 17.2 Å². The third-order valence-corrected chi connectivity index (χ3v) is 2.13. The standard InChI is InChI=1S/C11H9NO5/c1-2-16-10(14)6-3-4-8-7(5-6)12-9(13)11(15)17-8/h3-5H,2H2,1H3,(H,12,13). The van der Waals surface area contributed by atoms with Crippen molar-refractivity contribution in [2.45, 2.75) is 6.92 Å². The lowest BCUT2D eigenvalue weighted by Gasteiger charge is -2.02.